The fraction of sp³-hybridized carbons (Fsp3) is 0.750. The Balaban J connectivity index is 1.57. The van der Waals surface area contributed by atoms with Crippen molar-refractivity contribution >= 4 is 34.5 Å². The zero-order valence-corrected chi connectivity index (χ0v) is 22.1. The van der Waals surface area contributed by atoms with Crippen LogP contribution in [0.3, 0.4) is 0 Å². The third-order valence-electron chi connectivity index (χ3n) is 6.69. The predicted molar refractivity (Wildman–Crippen MR) is 131 cm³/mol. The highest BCUT2D eigenvalue weighted by molar-refractivity contribution is 6.28. The number of nitrogens with zero attached hydrogens (tertiary/aromatic N) is 5. The topological polar surface area (TPSA) is 121 Å². The van der Waals surface area contributed by atoms with Crippen molar-refractivity contribution in [1.29, 1.82) is 0 Å². The lowest BCUT2D eigenvalue weighted by molar-refractivity contribution is -0.198. The van der Waals surface area contributed by atoms with Crippen molar-refractivity contribution in [3.05, 3.63) is 11.5 Å². The van der Waals surface area contributed by atoms with Gasteiger partial charge in [-0.15, -0.1) is 0 Å². The van der Waals surface area contributed by atoms with E-state index in [2.05, 4.69) is 15.1 Å². The van der Waals surface area contributed by atoms with E-state index < -0.39 is 29.8 Å². The molecule has 1 saturated carbocycles. The van der Waals surface area contributed by atoms with Crippen molar-refractivity contribution in [3.8, 4) is 0 Å². The second-order valence-electron chi connectivity index (χ2n) is 11.1. The highest BCUT2D eigenvalue weighted by atomic mass is 35.5. The van der Waals surface area contributed by atoms with Crippen LogP contribution in [0.15, 0.2) is 6.20 Å². The van der Waals surface area contributed by atoms with Gasteiger partial charge in [0, 0.05) is 12.6 Å². The van der Waals surface area contributed by atoms with Gasteiger partial charge >= 0.3 is 6.09 Å². The smallest absolute Gasteiger partial charge is 0.416 e. The van der Waals surface area contributed by atoms with E-state index >= 15 is 0 Å². The third-order valence-corrected chi connectivity index (χ3v) is 6.86. The van der Waals surface area contributed by atoms with Crippen LogP contribution in [0.5, 0.6) is 0 Å². The van der Waals surface area contributed by atoms with Gasteiger partial charge < -0.3 is 24.1 Å². The first-order valence-electron chi connectivity index (χ1n) is 12.5. The molecule has 12 heteroatoms. The minimum atomic E-state index is -0.804. The molecule has 2 aromatic heterocycles. The Hall–Kier alpha value is -2.05. The molecule has 0 bridgehead atoms. The third kappa shape index (κ3) is 4.79. The molecule has 11 nitrogen and oxygen atoms in total. The number of halogens is 1. The van der Waals surface area contributed by atoms with Gasteiger partial charge in [0.25, 0.3) is 0 Å². The Morgan fingerprint density at radius 1 is 1.25 bits per heavy atom. The Morgan fingerprint density at radius 3 is 2.61 bits per heavy atom. The minimum Gasteiger partial charge on any atom is -0.443 e. The summed E-state index contributed by atoms with van der Waals surface area (Å²) in [5.41, 5.74) is -0.256. The normalized spacial score (nSPS) is 28.1. The molecule has 0 spiro atoms. The Morgan fingerprint density at radius 2 is 1.94 bits per heavy atom. The fourth-order valence-electron chi connectivity index (χ4n) is 5.35. The zero-order valence-electron chi connectivity index (χ0n) is 21.3. The molecule has 2 aliphatic heterocycles. The number of carbonyl (C=O) groups is 1. The molecule has 1 N–H and O–H groups in total. The predicted octanol–water partition coefficient (Wildman–Crippen LogP) is 3.96. The summed E-state index contributed by atoms with van der Waals surface area (Å²) in [6.45, 7) is 9.14. The fourth-order valence-corrected chi connectivity index (χ4v) is 5.51. The highest BCUT2D eigenvalue weighted by Crippen LogP contribution is 2.45. The van der Waals surface area contributed by atoms with E-state index in [1.165, 1.54) is 0 Å². The molecule has 2 aromatic rings. The molecule has 36 heavy (non-hydrogen) atoms. The van der Waals surface area contributed by atoms with E-state index in [0.717, 1.165) is 25.7 Å². The number of ether oxygens (including phenoxy) is 4. The largest absolute Gasteiger partial charge is 0.443 e. The molecule has 198 valence electrons. The molecule has 0 radical (unpaired) electrons. The van der Waals surface area contributed by atoms with Gasteiger partial charge in [-0.1, -0.05) is 12.8 Å². The average molecular weight is 524 g/mol. The number of amides is 1. The first kappa shape index (κ1) is 25.6. The number of hydrogen-bond donors (Lipinski definition) is 1. The molecule has 0 aromatic carbocycles. The summed E-state index contributed by atoms with van der Waals surface area (Å²) in [4.78, 5) is 23.9. The van der Waals surface area contributed by atoms with Gasteiger partial charge in [-0.3, -0.25) is 4.90 Å². The number of anilines is 1. The van der Waals surface area contributed by atoms with Crippen LogP contribution in [0.1, 0.15) is 73.0 Å². The maximum atomic E-state index is 13.4. The first-order chi connectivity index (χ1) is 17.0. The van der Waals surface area contributed by atoms with Crippen molar-refractivity contribution in [2.45, 2.75) is 109 Å². The van der Waals surface area contributed by atoms with Gasteiger partial charge in [0.05, 0.1) is 17.7 Å². The number of aliphatic hydroxyl groups is 1. The zero-order chi connectivity index (χ0) is 25.8. The minimum absolute atomic E-state index is 0.0174. The molecule has 5 rings (SSSR count). The van der Waals surface area contributed by atoms with Gasteiger partial charge in [0.15, 0.2) is 23.5 Å². The van der Waals surface area contributed by atoms with Crippen molar-refractivity contribution in [2.75, 3.05) is 11.5 Å². The molecule has 2 saturated heterocycles. The second kappa shape index (κ2) is 9.36. The van der Waals surface area contributed by atoms with E-state index in [9.17, 15) is 9.90 Å². The Labute approximate surface area is 215 Å². The summed E-state index contributed by atoms with van der Waals surface area (Å²) in [6, 6.07) is -0.0641. The van der Waals surface area contributed by atoms with E-state index in [1.807, 2.05) is 34.6 Å². The molecule has 4 heterocycles. The van der Waals surface area contributed by atoms with Crippen LogP contribution in [-0.4, -0.2) is 73.3 Å². The maximum Gasteiger partial charge on any atom is 0.416 e. The van der Waals surface area contributed by atoms with Crippen LogP contribution in [0, 0.1) is 0 Å². The number of hydrogen-bond acceptors (Lipinski definition) is 9. The molecule has 3 aliphatic rings. The average Bonchev–Trinajstić information content (AvgIpc) is 3.52. The lowest BCUT2D eigenvalue weighted by atomic mass is 10.1. The van der Waals surface area contributed by atoms with Gasteiger partial charge in [-0.25, -0.2) is 9.48 Å². The molecular weight excluding hydrogens is 490 g/mol. The van der Waals surface area contributed by atoms with E-state index in [1.54, 1.807) is 15.8 Å². The summed E-state index contributed by atoms with van der Waals surface area (Å²) in [5.74, 6) is -0.440. The summed E-state index contributed by atoms with van der Waals surface area (Å²) < 4.78 is 25.9. The molecular formula is C24H34ClN5O6. The van der Waals surface area contributed by atoms with Gasteiger partial charge in [-0.05, 0) is 65.5 Å². The lowest BCUT2D eigenvalue weighted by Crippen LogP contribution is -2.43. The van der Waals surface area contributed by atoms with Crippen LogP contribution in [0.2, 0.25) is 5.28 Å². The van der Waals surface area contributed by atoms with Crippen LogP contribution < -0.4 is 4.90 Å². The van der Waals surface area contributed by atoms with Crippen LogP contribution >= 0.6 is 11.6 Å². The molecule has 3 fully saturated rings. The number of rotatable bonds is 5. The Bertz CT molecular complexity index is 1130. The van der Waals surface area contributed by atoms with E-state index in [-0.39, 0.29) is 30.1 Å². The van der Waals surface area contributed by atoms with Crippen LogP contribution in [-0.2, 0) is 18.9 Å². The monoisotopic (exact) mass is 523 g/mol. The quantitative estimate of drug-likeness (QED) is 0.580. The van der Waals surface area contributed by atoms with Crippen molar-refractivity contribution < 1.29 is 28.8 Å². The van der Waals surface area contributed by atoms with Crippen molar-refractivity contribution in [1.82, 2.24) is 19.7 Å². The SMILES string of the molecule is CC(C)(C)OC(=O)N(c1nc(Cl)nc2c1cnn2[C@@H]1O[C@H](CCO)[C@H]2OC(C)(C)O[C@H]21)C1CCCC1. The van der Waals surface area contributed by atoms with Crippen LogP contribution in [0.4, 0.5) is 10.6 Å². The summed E-state index contributed by atoms with van der Waals surface area (Å²) >= 11 is 6.41. The van der Waals surface area contributed by atoms with Crippen molar-refractivity contribution in [3.63, 3.8) is 0 Å². The van der Waals surface area contributed by atoms with Gasteiger partial charge in [0.2, 0.25) is 5.28 Å². The standard InChI is InChI=1S/C24H34ClN5O6/c1-23(2,3)36-22(32)29(13-8-6-7-9-13)18-14-12-26-30(19(14)28-21(25)27-18)20-17-16(15(33-20)10-11-31)34-24(4,5)35-17/h12-13,15-17,20,31H,6-11H2,1-5H3/t15-,16-,17-,20-/m1/s1. The highest BCUT2D eigenvalue weighted by Gasteiger charge is 2.56. The van der Waals surface area contributed by atoms with Crippen molar-refractivity contribution in [2.24, 2.45) is 0 Å². The number of carbonyl (C=O) groups excluding carboxylic acids is 1. The van der Waals surface area contributed by atoms with E-state index in [4.69, 9.17) is 30.5 Å². The van der Waals surface area contributed by atoms with Gasteiger partial charge in [0.1, 0.15) is 17.8 Å². The molecule has 4 atom stereocenters. The molecule has 1 aliphatic carbocycles. The molecule has 1 amide bonds. The maximum absolute atomic E-state index is 13.4. The lowest BCUT2D eigenvalue weighted by Gasteiger charge is -2.31. The summed E-state index contributed by atoms with van der Waals surface area (Å²) in [7, 11) is 0. The van der Waals surface area contributed by atoms with E-state index in [0.29, 0.717) is 23.3 Å². The number of aromatic nitrogens is 4. The second-order valence-corrected chi connectivity index (χ2v) is 11.4. The first-order valence-corrected chi connectivity index (χ1v) is 12.9. The molecule has 0 unspecified atom stereocenters. The summed E-state index contributed by atoms with van der Waals surface area (Å²) in [6.07, 6.45) is 3.38. The summed E-state index contributed by atoms with van der Waals surface area (Å²) in [5, 5.41) is 14.7. The van der Waals surface area contributed by atoms with Gasteiger partial charge in [-0.2, -0.15) is 15.1 Å². The number of aliphatic hydroxyl groups excluding tert-OH is 1. The Kier molecular flexibility index (Phi) is 6.65. The van der Waals surface area contributed by atoms with Crippen LogP contribution in [0.25, 0.3) is 11.0 Å². The number of fused-ring (bicyclic) bond motifs is 2.